The van der Waals surface area contributed by atoms with Gasteiger partial charge in [-0.1, -0.05) is 157 Å². The molecule has 0 spiro atoms. The zero-order valence-corrected chi connectivity index (χ0v) is 49.7. The lowest BCUT2D eigenvalue weighted by Crippen LogP contribution is -2.28. The average molecular weight is 1320 g/mol. The number of hydrogen-bond donors (Lipinski definition) is 1. The highest BCUT2D eigenvalue weighted by Crippen LogP contribution is 2.29. The van der Waals surface area contributed by atoms with Crippen LogP contribution < -0.4 is 13.7 Å². The lowest BCUT2D eigenvalue weighted by molar-refractivity contribution is -0.0500. The van der Waals surface area contributed by atoms with Gasteiger partial charge in [0.2, 0.25) is 0 Å². The molecule has 414 valence electrons. The number of benzene rings is 4. The second kappa shape index (κ2) is 43.8. The van der Waals surface area contributed by atoms with E-state index in [4.69, 9.17) is 9.47 Å². The largest absolute Gasteiger partial charge is 0.534 e. The first-order valence-electron chi connectivity index (χ1n) is 24.0. The van der Waals surface area contributed by atoms with Crippen molar-refractivity contribution < 1.29 is 59.5 Å². The van der Waals surface area contributed by atoms with Gasteiger partial charge in [0.25, 0.3) is 0 Å². The number of unbranched alkanes of at least 4 members (excludes halogenated alkanes) is 12. The van der Waals surface area contributed by atoms with Gasteiger partial charge in [0.1, 0.15) is 17.2 Å². The number of hydrogen-bond acceptors (Lipinski definition) is 10. The summed E-state index contributed by atoms with van der Waals surface area (Å²) in [5.41, 5.74) is -1.73. The zero-order valence-electron chi connectivity index (χ0n) is 42.6. The molecule has 0 saturated heterocycles. The Morgan fingerprint density at radius 2 is 0.867 bits per heavy atom. The van der Waals surface area contributed by atoms with E-state index in [0.717, 1.165) is 79.2 Å². The van der Waals surface area contributed by atoms with Gasteiger partial charge in [-0.25, -0.2) is 0 Å². The molecule has 0 bridgehead atoms. The van der Waals surface area contributed by atoms with Gasteiger partial charge in [0.05, 0.1) is 36.5 Å². The van der Waals surface area contributed by atoms with Crippen LogP contribution in [-0.2, 0) is 10.1 Å². The summed E-state index contributed by atoms with van der Waals surface area (Å²) < 4.78 is 74.1. The molecular formula is C56H72BBr4F3O10S. The van der Waals surface area contributed by atoms with Gasteiger partial charge in [-0.05, 0) is 110 Å². The van der Waals surface area contributed by atoms with Crippen molar-refractivity contribution in [3.63, 3.8) is 0 Å². The second-order valence-corrected chi connectivity index (χ2v) is 24.8. The van der Waals surface area contributed by atoms with E-state index in [0.29, 0.717) is 40.0 Å². The first-order valence-corrected chi connectivity index (χ1v) is 29.0. The Hall–Kier alpha value is -4.30. The minimum atomic E-state index is -5.80. The van der Waals surface area contributed by atoms with Crippen LogP contribution in [0.1, 0.15) is 183 Å². The van der Waals surface area contributed by atoms with Gasteiger partial charge in [-0.3, -0.25) is 19.2 Å². The van der Waals surface area contributed by atoms with Crippen LogP contribution in [0.4, 0.5) is 13.2 Å². The average Bonchev–Trinajstić information content (AvgIpc) is 3.37. The van der Waals surface area contributed by atoms with Crippen LogP contribution in [0, 0.1) is 0 Å². The molecule has 0 atom stereocenters. The van der Waals surface area contributed by atoms with Crippen molar-refractivity contribution in [1.82, 2.24) is 0 Å². The number of aldehydes is 4. The van der Waals surface area contributed by atoms with Gasteiger partial charge < -0.3 is 18.8 Å². The number of aromatic hydroxyl groups is 1. The summed E-state index contributed by atoms with van der Waals surface area (Å²) in [7, 11) is -2.69. The molecule has 0 heterocycles. The maximum absolute atomic E-state index is 12.3. The quantitative estimate of drug-likeness (QED) is 0.0212. The molecule has 0 unspecified atom stereocenters. The number of methoxy groups -OCH3 is 2. The highest BCUT2D eigenvalue weighted by atomic mass is 79.9. The van der Waals surface area contributed by atoms with E-state index < -0.39 is 21.4 Å². The van der Waals surface area contributed by atoms with Crippen molar-refractivity contribution in [1.29, 1.82) is 0 Å². The highest BCUT2D eigenvalue weighted by molar-refractivity contribution is 9.69. The standard InChI is InChI=1S/C16H19F3O4S.C16H22O2.C15H20O2.C8H7BrO2.CH4.BBr3/c1-2-3-4-5-6-7-8-13-9-10-15(14(11-13)12-20)23-24(21,22)16(17,18)19;1-3-4-5-6-7-8-9-14-10-11-16(18-2)15(12-14)13-17;1-2-3-4-5-6-7-8-13-9-10-15(17)14(11-13)12-16;1-11-8-3-2-7(9)4-6(8)5-10;;2-1(3)4/h7-12H,2-6H2,1H3;8-13H,3-7H2,1-2H3;7-12,17H,2-6H2,1H3;2-5H,1H3;1H4;/b8-7+;9-8+;8-7+;;;. The summed E-state index contributed by atoms with van der Waals surface area (Å²) in [5, 5.41) is 9.35. The van der Waals surface area contributed by atoms with Crippen molar-refractivity contribution in [3.8, 4) is 23.0 Å². The third-order valence-corrected chi connectivity index (χ3v) is 11.6. The summed E-state index contributed by atoms with van der Waals surface area (Å²) >= 11 is 12.6. The van der Waals surface area contributed by atoms with Crippen molar-refractivity contribution in [2.24, 2.45) is 0 Å². The summed E-state index contributed by atoms with van der Waals surface area (Å²) in [6, 6.07) is 19.7. The Morgan fingerprint density at radius 3 is 1.23 bits per heavy atom. The van der Waals surface area contributed by atoms with Crippen LogP contribution in [-0.4, -0.2) is 61.6 Å². The number of ether oxygens (including phenoxy) is 2. The number of carbonyl (C=O) groups is 4. The molecule has 0 saturated carbocycles. The number of alkyl halides is 3. The minimum absolute atomic E-state index is 0. The Balaban J connectivity index is 0. The Bertz CT molecular complexity index is 2450. The molecule has 19 heteroatoms. The monoisotopic (exact) mass is 1320 g/mol. The van der Waals surface area contributed by atoms with Crippen LogP contribution in [0.25, 0.3) is 18.2 Å². The van der Waals surface area contributed by atoms with Crippen LogP contribution in [0.2, 0.25) is 0 Å². The molecule has 4 rings (SSSR count). The van der Waals surface area contributed by atoms with Crippen LogP contribution in [0.5, 0.6) is 23.0 Å². The molecule has 4 aromatic rings. The molecule has 1 N–H and O–H groups in total. The summed E-state index contributed by atoms with van der Waals surface area (Å²) in [5.74, 6) is 0.621. The normalized spacial score (nSPS) is 10.8. The van der Waals surface area contributed by atoms with E-state index >= 15 is 0 Å². The number of rotatable bonds is 26. The third kappa shape index (κ3) is 33.5. The maximum Gasteiger partial charge on any atom is 0.534 e. The second-order valence-electron chi connectivity index (χ2n) is 16.0. The van der Waals surface area contributed by atoms with Crippen LogP contribution in [0.15, 0.2) is 95.5 Å². The molecule has 75 heavy (non-hydrogen) atoms. The van der Waals surface area contributed by atoms with Gasteiger partial charge in [-0.15, -0.1) is 47.3 Å². The Kier molecular flexibility index (Phi) is 42.5. The summed E-state index contributed by atoms with van der Waals surface area (Å²) in [4.78, 5) is 42.9. The van der Waals surface area contributed by atoms with E-state index in [1.165, 1.54) is 70.6 Å². The predicted octanol–water partition coefficient (Wildman–Crippen LogP) is 18.5. The lowest BCUT2D eigenvalue weighted by Gasteiger charge is -2.11. The molecule has 0 aliphatic rings. The fraction of sp³-hybridized carbons (Fsp3) is 0.393. The number of phenolic OH excluding ortho intramolecular Hbond substituents is 1. The molecule has 4 aromatic carbocycles. The molecule has 0 aromatic heterocycles. The highest BCUT2D eigenvalue weighted by Gasteiger charge is 2.48. The van der Waals surface area contributed by atoms with Gasteiger partial charge in [0.15, 0.2) is 30.9 Å². The smallest absolute Gasteiger partial charge is 0.507 e. The molecule has 0 aliphatic heterocycles. The first-order chi connectivity index (χ1) is 35.3. The van der Waals surface area contributed by atoms with Crippen LogP contribution >= 0.6 is 63.2 Å². The summed E-state index contributed by atoms with van der Waals surface area (Å²) in [6.45, 7) is 6.53. The topological polar surface area (TPSA) is 150 Å². The Morgan fingerprint density at radius 1 is 0.533 bits per heavy atom. The van der Waals surface area contributed by atoms with E-state index in [1.807, 2.05) is 42.5 Å². The number of phenols is 1. The number of halogens is 7. The predicted molar refractivity (Wildman–Crippen MR) is 318 cm³/mol. The van der Waals surface area contributed by atoms with E-state index in [1.54, 1.807) is 37.5 Å². The fourth-order valence-corrected chi connectivity index (χ4v) is 7.11. The third-order valence-electron chi connectivity index (χ3n) is 10.1. The van der Waals surface area contributed by atoms with E-state index in [-0.39, 0.29) is 28.2 Å². The minimum Gasteiger partial charge on any atom is -0.507 e. The molecule has 0 amide bonds. The zero-order chi connectivity index (χ0) is 55.8. The van der Waals surface area contributed by atoms with Crippen molar-refractivity contribution in [3.05, 3.63) is 134 Å². The lowest BCUT2D eigenvalue weighted by atomic mass is 10.1. The molecule has 0 aliphatic carbocycles. The molecule has 10 nitrogen and oxygen atoms in total. The fourth-order valence-electron chi connectivity index (χ4n) is 6.25. The molecule has 0 radical (unpaired) electrons. The van der Waals surface area contributed by atoms with Crippen LogP contribution in [0.3, 0.4) is 0 Å². The SMILES string of the molecule is BrB(Br)Br.C.CCCCCC/C=C/c1ccc(O)c(C=O)c1.CCCCCC/C=C/c1ccc(OC)c(C=O)c1.CCCCCC/C=C/c1ccc(OS(=O)(=O)C(F)(F)F)c(C=O)c1.COc1ccc(Br)cc1C=O. The van der Waals surface area contributed by atoms with E-state index in [9.17, 15) is 45.9 Å². The Labute approximate surface area is 477 Å². The van der Waals surface area contributed by atoms with Gasteiger partial charge in [-0.2, -0.15) is 21.6 Å². The first kappa shape index (κ1) is 72.8. The van der Waals surface area contributed by atoms with Crippen molar-refractivity contribution in [2.45, 2.75) is 130 Å². The van der Waals surface area contributed by atoms with Crippen molar-refractivity contribution >= 4 is 120 Å². The number of carbonyl (C=O) groups excluding carboxylic acids is 4. The van der Waals surface area contributed by atoms with E-state index in [2.05, 4.69) is 106 Å². The molecule has 0 fully saturated rings. The molecular weight excluding hydrogens is 1250 g/mol. The summed E-state index contributed by atoms with van der Waals surface area (Å²) in [6.07, 6.45) is 32.1. The van der Waals surface area contributed by atoms with Gasteiger partial charge >= 0.3 is 18.8 Å². The number of allylic oxidation sites excluding steroid dienone is 3. The van der Waals surface area contributed by atoms with Gasteiger partial charge in [0, 0.05) is 4.47 Å². The van der Waals surface area contributed by atoms with Crippen molar-refractivity contribution in [2.75, 3.05) is 14.2 Å². The maximum atomic E-state index is 12.3.